The van der Waals surface area contributed by atoms with Gasteiger partial charge in [0.15, 0.2) is 0 Å². The number of amides is 4. The number of rotatable bonds is 10. The molecule has 1 aliphatic heterocycles. The van der Waals surface area contributed by atoms with Crippen LogP contribution in [0.15, 0.2) is 60.7 Å². The summed E-state index contributed by atoms with van der Waals surface area (Å²) in [5, 5.41) is 16.5. The molecule has 0 radical (unpaired) electrons. The molecule has 5 unspecified atom stereocenters. The van der Waals surface area contributed by atoms with E-state index in [0.717, 1.165) is 36.6 Å². The first-order chi connectivity index (χ1) is 22.5. The Morgan fingerprint density at radius 3 is 2.32 bits per heavy atom. The molecular formula is C36H45N5O6. The smallest absolute Gasteiger partial charge is 0.246 e. The van der Waals surface area contributed by atoms with Gasteiger partial charge < -0.3 is 25.5 Å². The van der Waals surface area contributed by atoms with Gasteiger partial charge in [-0.25, -0.2) is 0 Å². The van der Waals surface area contributed by atoms with Crippen molar-refractivity contribution in [1.29, 1.82) is 0 Å². The minimum atomic E-state index is -1.31. The van der Waals surface area contributed by atoms with Crippen molar-refractivity contribution in [1.82, 2.24) is 25.0 Å². The Kier molecular flexibility index (Phi) is 10.4. The van der Waals surface area contributed by atoms with E-state index in [9.17, 15) is 29.1 Å². The molecular weight excluding hydrogens is 598 g/mol. The zero-order chi connectivity index (χ0) is 33.8. The number of likely N-dealkylation sites (N-methyl/N-ethyl adjacent to an activating group) is 1. The van der Waals surface area contributed by atoms with Gasteiger partial charge in [0.05, 0.1) is 11.6 Å². The number of hydrogen-bond acceptors (Lipinski definition) is 6. The van der Waals surface area contributed by atoms with Crippen LogP contribution in [-0.4, -0.2) is 86.3 Å². The summed E-state index contributed by atoms with van der Waals surface area (Å²) in [6.45, 7) is 4.45. The van der Waals surface area contributed by atoms with Crippen molar-refractivity contribution < 1.29 is 29.1 Å². The molecule has 1 saturated carbocycles. The van der Waals surface area contributed by atoms with Crippen LogP contribution in [0.2, 0.25) is 0 Å². The molecule has 2 heterocycles. The van der Waals surface area contributed by atoms with E-state index in [-0.39, 0.29) is 30.2 Å². The molecule has 3 aromatic rings. The maximum atomic E-state index is 14.8. The summed E-state index contributed by atoms with van der Waals surface area (Å²) >= 11 is 0. The Bertz CT molecular complexity index is 1630. The van der Waals surface area contributed by atoms with Crippen LogP contribution in [0.5, 0.6) is 0 Å². The number of benzene rings is 2. The van der Waals surface area contributed by atoms with E-state index in [1.54, 1.807) is 16.8 Å². The molecule has 1 aromatic heterocycles. The lowest BCUT2D eigenvalue weighted by molar-refractivity contribution is -0.147. The van der Waals surface area contributed by atoms with Gasteiger partial charge in [-0.3, -0.25) is 28.5 Å². The minimum absolute atomic E-state index is 0.0416. The lowest BCUT2D eigenvalue weighted by atomic mass is 9.84. The number of fused-ring (bicyclic) bond motifs is 2. The summed E-state index contributed by atoms with van der Waals surface area (Å²) < 4.78 is 1.53. The minimum Gasteiger partial charge on any atom is -0.391 e. The van der Waals surface area contributed by atoms with Gasteiger partial charge in [0, 0.05) is 51.0 Å². The lowest BCUT2D eigenvalue weighted by Crippen LogP contribution is -2.60. The SMILES string of the molecule is CC(=O)NC(C(=O)N[C@H](Cc1cc2ccccc2n1C(C)=O)C(=O)N1C(C(=O)N(C)Cc2ccccc2)CC2CCCCC21)C(C)O. The van der Waals surface area contributed by atoms with Gasteiger partial charge in [0.2, 0.25) is 29.5 Å². The van der Waals surface area contributed by atoms with Gasteiger partial charge in [-0.15, -0.1) is 0 Å². The van der Waals surface area contributed by atoms with E-state index in [2.05, 4.69) is 10.6 Å². The second-order valence-electron chi connectivity index (χ2n) is 13.0. The van der Waals surface area contributed by atoms with Crippen LogP contribution in [0, 0.1) is 5.92 Å². The molecule has 11 nitrogen and oxygen atoms in total. The number of nitrogens with zero attached hydrogens (tertiary/aromatic N) is 3. The van der Waals surface area contributed by atoms with Gasteiger partial charge in [0.25, 0.3) is 0 Å². The first kappa shape index (κ1) is 33.8. The third-order valence-electron chi connectivity index (χ3n) is 9.52. The zero-order valence-electron chi connectivity index (χ0n) is 27.5. The van der Waals surface area contributed by atoms with E-state index in [4.69, 9.17) is 0 Å². The molecule has 250 valence electrons. The average molecular weight is 644 g/mol. The van der Waals surface area contributed by atoms with Gasteiger partial charge in [0.1, 0.15) is 18.1 Å². The predicted molar refractivity (Wildman–Crippen MR) is 177 cm³/mol. The Morgan fingerprint density at radius 1 is 0.957 bits per heavy atom. The standard InChI is InChI=1S/C36H45N5O6/c1-22(42)33(37-23(2)43)34(45)38-29(20-28-18-26-14-8-10-16-30(26)40(28)24(3)44)35(46)41-31-17-11-9-15-27(31)19-32(41)36(47)39(4)21-25-12-6-5-7-13-25/h5-8,10,12-14,16,18,22,27,29,31-33,42H,9,11,15,17,19-21H2,1-4H3,(H,37,43)(H,38,45)/t22?,27?,29-,31?,32?,33?/m1/s1. The Morgan fingerprint density at radius 2 is 1.64 bits per heavy atom. The van der Waals surface area contributed by atoms with Crippen LogP contribution in [0.3, 0.4) is 0 Å². The molecule has 2 aromatic carbocycles. The molecule has 3 N–H and O–H groups in total. The fraction of sp³-hybridized carbons (Fsp3) is 0.472. The summed E-state index contributed by atoms with van der Waals surface area (Å²) in [4.78, 5) is 70.7. The summed E-state index contributed by atoms with van der Waals surface area (Å²) in [6.07, 6.45) is 2.85. The van der Waals surface area contributed by atoms with Crippen molar-refractivity contribution >= 4 is 40.4 Å². The summed E-state index contributed by atoms with van der Waals surface area (Å²) in [5.74, 6) is -1.93. The van der Waals surface area contributed by atoms with E-state index >= 15 is 0 Å². The highest BCUT2D eigenvalue weighted by Crippen LogP contribution is 2.41. The highest BCUT2D eigenvalue weighted by Gasteiger charge is 2.50. The molecule has 0 spiro atoms. The average Bonchev–Trinajstić information content (AvgIpc) is 3.61. The van der Waals surface area contributed by atoms with Gasteiger partial charge >= 0.3 is 0 Å². The predicted octanol–water partition coefficient (Wildman–Crippen LogP) is 3.03. The summed E-state index contributed by atoms with van der Waals surface area (Å²) in [5.41, 5.74) is 2.17. The molecule has 47 heavy (non-hydrogen) atoms. The molecule has 2 fully saturated rings. The van der Waals surface area contributed by atoms with E-state index in [0.29, 0.717) is 24.2 Å². The Balaban J connectivity index is 1.52. The molecule has 1 saturated heterocycles. The fourth-order valence-corrected chi connectivity index (χ4v) is 7.40. The van der Waals surface area contributed by atoms with E-state index in [1.807, 2.05) is 60.7 Å². The maximum Gasteiger partial charge on any atom is 0.246 e. The second-order valence-corrected chi connectivity index (χ2v) is 13.0. The molecule has 1 aliphatic carbocycles. The Hall–Kier alpha value is -4.51. The number of aliphatic hydroxyl groups is 1. The molecule has 11 heteroatoms. The first-order valence-corrected chi connectivity index (χ1v) is 16.4. The number of likely N-dealkylation sites (tertiary alicyclic amines) is 1. The first-order valence-electron chi connectivity index (χ1n) is 16.4. The number of nitrogens with one attached hydrogen (secondary N) is 2. The third-order valence-corrected chi connectivity index (χ3v) is 9.52. The van der Waals surface area contributed by atoms with Gasteiger partial charge in [-0.2, -0.15) is 0 Å². The number of aliphatic hydroxyl groups excluding tert-OH is 1. The molecule has 0 bridgehead atoms. The highest BCUT2D eigenvalue weighted by molar-refractivity contribution is 5.96. The molecule has 6 atom stereocenters. The van der Waals surface area contributed by atoms with E-state index in [1.165, 1.54) is 25.3 Å². The number of carbonyl (C=O) groups excluding carboxylic acids is 5. The topological polar surface area (TPSA) is 141 Å². The van der Waals surface area contributed by atoms with Crippen molar-refractivity contribution in [3.63, 3.8) is 0 Å². The van der Waals surface area contributed by atoms with Crippen molar-refractivity contribution in [3.05, 3.63) is 71.9 Å². The summed E-state index contributed by atoms with van der Waals surface area (Å²) in [6, 6.07) is 15.5. The molecule has 5 rings (SSSR count). The van der Waals surface area contributed by atoms with Crippen LogP contribution in [0.1, 0.15) is 68.9 Å². The maximum absolute atomic E-state index is 14.8. The third kappa shape index (κ3) is 7.40. The number of para-hydroxylation sites is 1. The van der Waals surface area contributed by atoms with Crippen LogP contribution < -0.4 is 10.6 Å². The zero-order valence-corrected chi connectivity index (χ0v) is 27.5. The summed E-state index contributed by atoms with van der Waals surface area (Å²) in [7, 11) is 1.74. The van der Waals surface area contributed by atoms with Crippen LogP contribution in [-0.2, 0) is 32.1 Å². The van der Waals surface area contributed by atoms with Gasteiger partial charge in [-0.1, -0.05) is 61.4 Å². The normalized spacial score (nSPS) is 21.0. The largest absolute Gasteiger partial charge is 0.391 e. The molecule has 2 aliphatic rings. The van der Waals surface area contributed by atoms with Crippen LogP contribution in [0.25, 0.3) is 10.9 Å². The van der Waals surface area contributed by atoms with Crippen LogP contribution >= 0.6 is 0 Å². The fourth-order valence-electron chi connectivity index (χ4n) is 7.40. The molecule has 4 amide bonds. The monoisotopic (exact) mass is 643 g/mol. The van der Waals surface area contributed by atoms with Crippen molar-refractivity contribution in [2.75, 3.05) is 7.05 Å². The quantitative estimate of drug-likeness (QED) is 0.310. The van der Waals surface area contributed by atoms with E-state index < -0.39 is 42.0 Å². The van der Waals surface area contributed by atoms with Crippen LogP contribution in [0.4, 0.5) is 0 Å². The second kappa shape index (κ2) is 14.5. The number of carbonyl (C=O) groups is 5. The number of aromatic nitrogens is 1. The Labute approximate surface area is 275 Å². The van der Waals surface area contributed by atoms with Crippen molar-refractivity contribution in [2.45, 2.75) is 96.1 Å². The van der Waals surface area contributed by atoms with Gasteiger partial charge in [-0.05, 0) is 49.8 Å². The highest BCUT2D eigenvalue weighted by atomic mass is 16.3. The lowest BCUT2D eigenvalue weighted by Gasteiger charge is -2.37. The van der Waals surface area contributed by atoms with Crippen molar-refractivity contribution in [2.24, 2.45) is 5.92 Å². The number of hydrogen-bond donors (Lipinski definition) is 3. The van der Waals surface area contributed by atoms with Crippen molar-refractivity contribution in [3.8, 4) is 0 Å².